The number of rotatable bonds is 5. The lowest BCUT2D eigenvalue weighted by Crippen LogP contribution is -2.42. The van der Waals surface area contributed by atoms with Gasteiger partial charge in [-0.1, -0.05) is 60.1 Å². The molecule has 0 radical (unpaired) electrons. The second-order valence-corrected chi connectivity index (χ2v) is 8.39. The molecule has 2 atom stereocenters. The van der Waals surface area contributed by atoms with Crippen molar-refractivity contribution < 1.29 is 14.6 Å². The third-order valence-corrected chi connectivity index (χ3v) is 5.98. The Labute approximate surface area is 198 Å². The Bertz CT molecular complexity index is 1220. The molecule has 0 aromatic heterocycles. The Morgan fingerprint density at radius 3 is 2.48 bits per heavy atom. The summed E-state index contributed by atoms with van der Waals surface area (Å²) in [6, 6.07) is 21.5. The summed E-state index contributed by atoms with van der Waals surface area (Å²) in [7, 11) is 3.31. The average Bonchev–Trinajstić information content (AvgIpc) is 2.94. The number of benzodiazepines with no additional fused rings is 1. The first-order valence-corrected chi connectivity index (χ1v) is 11.0. The molecule has 3 aromatic carbocycles. The van der Waals surface area contributed by atoms with Gasteiger partial charge in [-0.05, 0) is 48.4 Å². The van der Waals surface area contributed by atoms with Gasteiger partial charge >= 0.3 is 0 Å². The van der Waals surface area contributed by atoms with Crippen molar-refractivity contribution in [3.63, 3.8) is 0 Å². The third-order valence-electron chi connectivity index (χ3n) is 5.75. The van der Waals surface area contributed by atoms with E-state index in [2.05, 4.69) is 0 Å². The normalized spacial score (nSPS) is 17.2. The molecule has 1 N–H and O–H groups in total. The third kappa shape index (κ3) is 4.70. The number of methoxy groups -OCH3 is 1. The van der Waals surface area contributed by atoms with Crippen LogP contribution in [0.5, 0.6) is 5.75 Å². The molecule has 168 valence electrons. The van der Waals surface area contributed by atoms with Crippen LogP contribution in [0.15, 0.2) is 83.4 Å². The van der Waals surface area contributed by atoms with E-state index in [1.54, 1.807) is 38.1 Å². The lowest BCUT2D eigenvalue weighted by molar-refractivity contribution is -0.121. The van der Waals surface area contributed by atoms with Crippen molar-refractivity contribution in [2.75, 3.05) is 19.1 Å². The number of carbonyl (C=O) groups is 1. The summed E-state index contributed by atoms with van der Waals surface area (Å²) in [6.07, 6.45) is 0.745. The number of aliphatic hydroxyl groups is 1. The second kappa shape index (κ2) is 9.61. The van der Waals surface area contributed by atoms with Crippen molar-refractivity contribution in [2.24, 2.45) is 4.99 Å². The Hall–Kier alpha value is -3.41. The number of ether oxygens (including phenoxy) is 1. The summed E-state index contributed by atoms with van der Waals surface area (Å²) in [6.45, 7) is 1.80. The van der Waals surface area contributed by atoms with Gasteiger partial charge in [0.15, 0.2) is 6.04 Å². The number of halogens is 1. The van der Waals surface area contributed by atoms with E-state index in [1.807, 2.05) is 66.7 Å². The quantitative estimate of drug-likeness (QED) is 0.583. The van der Waals surface area contributed by atoms with Gasteiger partial charge in [-0.2, -0.15) is 0 Å². The maximum absolute atomic E-state index is 13.4. The zero-order valence-corrected chi connectivity index (χ0v) is 19.5. The summed E-state index contributed by atoms with van der Waals surface area (Å²) in [5, 5.41) is 11.8. The highest BCUT2D eigenvalue weighted by atomic mass is 35.5. The van der Waals surface area contributed by atoms with E-state index < -0.39 is 12.1 Å². The lowest BCUT2D eigenvalue weighted by atomic mass is 9.99. The van der Waals surface area contributed by atoms with E-state index in [4.69, 9.17) is 21.3 Å². The number of fused-ring (bicyclic) bond motifs is 1. The molecule has 5 nitrogen and oxygen atoms in total. The topological polar surface area (TPSA) is 62.1 Å². The van der Waals surface area contributed by atoms with E-state index in [9.17, 15) is 9.90 Å². The minimum absolute atomic E-state index is 0.292. The number of nitrogens with zero attached hydrogens (tertiary/aromatic N) is 2. The Morgan fingerprint density at radius 1 is 1.12 bits per heavy atom. The summed E-state index contributed by atoms with van der Waals surface area (Å²) in [5.74, 6) is 0.457. The van der Waals surface area contributed by atoms with Crippen LogP contribution in [0.2, 0.25) is 5.02 Å². The number of hydrogen-bond acceptors (Lipinski definition) is 4. The number of carbonyl (C=O) groups excluding carboxylic acids is 1. The zero-order valence-electron chi connectivity index (χ0n) is 18.7. The molecule has 1 aliphatic heterocycles. The summed E-state index contributed by atoms with van der Waals surface area (Å²) in [4.78, 5) is 19.8. The smallest absolute Gasteiger partial charge is 0.254 e. The van der Waals surface area contributed by atoms with Gasteiger partial charge in [0, 0.05) is 23.2 Å². The molecule has 1 aliphatic rings. The summed E-state index contributed by atoms with van der Waals surface area (Å²) in [5.41, 5.74) is 4.43. The van der Waals surface area contributed by atoms with E-state index in [1.165, 1.54) is 0 Å². The van der Waals surface area contributed by atoms with Crippen molar-refractivity contribution >= 4 is 35.0 Å². The Kier molecular flexibility index (Phi) is 6.63. The fourth-order valence-corrected chi connectivity index (χ4v) is 4.07. The van der Waals surface area contributed by atoms with Crippen molar-refractivity contribution in [1.82, 2.24) is 0 Å². The molecule has 0 saturated carbocycles. The van der Waals surface area contributed by atoms with Gasteiger partial charge in [-0.25, -0.2) is 0 Å². The van der Waals surface area contributed by atoms with Gasteiger partial charge in [0.1, 0.15) is 11.9 Å². The number of aliphatic hydroxyl groups excluding tert-OH is 1. The van der Waals surface area contributed by atoms with Gasteiger partial charge in [-0.15, -0.1) is 0 Å². The van der Waals surface area contributed by atoms with E-state index in [-0.39, 0.29) is 5.91 Å². The van der Waals surface area contributed by atoms with Gasteiger partial charge in [0.2, 0.25) is 0 Å². The fourth-order valence-electron chi connectivity index (χ4n) is 3.90. The molecule has 0 saturated heterocycles. The molecule has 4 rings (SSSR count). The van der Waals surface area contributed by atoms with Crippen molar-refractivity contribution in [3.8, 4) is 5.75 Å². The van der Waals surface area contributed by atoms with Crippen LogP contribution in [-0.2, 0) is 4.79 Å². The number of amides is 1. The molecule has 0 aliphatic carbocycles. The Morgan fingerprint density at radius 2 is 1.82 bits per heavy atom. The molecule has 0 spiro atoms. The van der Waals surface area contributed by atoms with E-state index >= 15 is 0 Å². The maximum atomic E-state index is 13.4. The van der Waals surface area contributed by atoms with Gasteiger partial charge in [-0.3, -0.25) is 9.79 Å². The number of benzene rings is 3. The number of anilines is 1. The molecule has 1 amide bonds. The van der Waals surface area contributed by atoms with Crippen LogP contribution in [-0.4, -0.2) is 43.0 Å². The van der Waals surface area contributed by atoms with Gasteiger partial charge < -0.3 is 14.7 Å². The SMILES string of the molecule is COc1ccc(/C=C(\C)[C@@H](O)[C@H]2N=C(c3ccccc3)c3cc(Cl)ccc3N(C)C2=O)cc1. The molecule has 1 heterocycles. The molecule has 33 heavy (non-hydrogen) atoms. The number of aliphatic imine (C=N–C) groups is 1. The van der Waals surface area contributed by atoms with Gasteiger partial charge in [0.05, 0.1) is 18.5 Å². The lowest BCUT2D eigenvalue weighted by Gasteiger charge is -2.24. The zero-order chi connectivity index (χ0) is 23.5. The fraction of sp³-hybridized carbons (Fsp3) is 0.185. The van der Waals surface area contributed by atoms with Crippen LogP contribution in [0.1, 0.15) is 23.6 Å². The average molecular weight is 461 g/mol. The molecule has 0 fully saturated rings. The van der Waals surface area contributed by atoms with Crippen LogP contribution in [0.3, 0.4) is 0 Å². The van der Waals surface area contributed by atoms with Crippen molar-refractivity contribution in [3.05, 3.63) is 100 Å². The van der Waals surface area contributed by atoms with E-state index in [0.717, 1.165) is 22.4 Å². The first kappa shape index (κ1) is 22.8. The van der Waals surface area contributed by atoms with E-state index in [0.29, 0.717) is 22.0 Å². The van der Waals surface area contributed by atoms with Crippen LogP contribution in [0.4, 0.5) is 5.69 Å². The summed E-state index contributed by atoms with van der Waals surface area (Å²) < 4.78 is 5.20. The predicted molar refractivity (Wildman–Crippen MR) is 133 cm³/mol. The largest absolute Gasteiger partial charge is 0.497 e. The van der Waals surface area contributed by atoms with Crippen molar-refractivity contribution in [1.29, 1.82) is 0 Å². The highest BCUT2D eigenvalue weighted by molar-refractivity contribution is 6.32. The van der Waals surface area contributed by atoms with Crippen LogP contribution < -0.4 is 9.64 Å². The molecule has 0 unspecified atom stereocenters. The minimum atomic E-state index is -1.11. The first-order valence-electron chi connectivity index (χ1n) is 10.6. The number of hydrogen-bond donors (Lipinski definition) is 1. The number of likely N-dealkylation sites (N-methyl/N-ethyl adjacent to an activating group) is 1. The minimum Gasteiger partial charge on any atom is -0.497 e. The molecule has 0 bridgehead atoms. The summed E-state index contributed by atoms with van der Waals surface area (Å²) >= 11 is 6.30. The molecular weight excluding hydrogens is 436 g/mol. The molecule has 6 heteroatoms. The highest BCUT2D eigenvalue weighted by Crippen LogP contribution is 2.31. The molecular formula is C27H25ClN2O3. The Balaban J connectivity index is 1.79. The van der Waals surface area contributed by atoms with Crippen LogP contribution in [0.25, 0.3) is 6.08 Å². The van der Waals surface area contributed by atoms with Gasteiger partial charge in [0.25, 0.3) is 5.91 Å². The highest BCUT2D eigenvalue weighted by Gasteiger charge is 2.35. The van der Waals surface area contributed by atoms with Crippen LogP contribution >= 0.6 is 11.6 Å². The predicted octanol–water partition coefficient (Wildman–Crippen LogP) is 5.00. The van der Waals surface area contributed by atoms with Crippen LogP contribution in [0, 0.1) is 0 Å². The maximum Gasteiger partial charge on any atom is 0.254 e. The standard InChI is InChI=1S/C27H25ClN2O3/c1-17(15-18-9-12-21(33-3)13-10-18)26(31)25-27(32)30(2)23-14-11-20(28)16-22(23)24(29-25)19-7-5-4-6-8-19/h4-16,25-26,31H,1-3H3/b17-15+/t25-,26-/m1/s1. The van der Waals surface area contributed by atoms with Crippen molar-refractivity contribution in [2.45, 2.75) is 19.1 Å². The monoisotopic (exact) mass is 460 g/mol. The first-order chi connectivity index (χ1) is 15.9. The molecule has 3 aromatic rings. The second-order valence-electron chi connectivity index (χ2n) is 7.95.